The average Bonchev–Trinajstić information content (AvgIpc) is 2.67. The summed E-state index contributed by atoms with van der Waals surface area (Å²) in [5, 5.41) is 3.46. The van der Waals surface area contributed by atoms with E-state index in [1.54, 1.807) is 6.20 Å². The second-order valence-corrected chi connectivity index (χ2v) is 6.59. The van der Waals surface area contributed by atoms with Crippen LogP contribution in [0, 0.1) is 0 Å². The van der Waals surface area contributed by atoms with E-state index in [-0.39, 0.29) is 5.91 Å². The summed E-state index contributed by atoms with van der Waals surface area (Å²) in [6, 6.07) is 6.92. The minimum atomic E-state index is -0.263. The molecular formula is C18H19Cl2N3O3. The number of methoxy groups -OCH3 is 1. The van der Waals surface area contributed by atoms with Crippen molar-refractivity contribution >= 4 is 34.9 Å². The molecule has 1 aromatic carbocycles. The fraction of sp³-hybridized carbons (Fsp3) is 0.333. The number of halogens is 2. The average molecular weight is 396 g/mol. The number of nitrogens with one attached hydrogen (secondary N) is 1. The van der Waals surface area contributed by atoms with Gasteiger partial charge in [0, 0.05) is 31.4 Å². The summed E-state index contributed by atoms with van der Waals surface area (Å²) in [7, 11) is 1.47. The van der Waals surface area contributed by atoms with Crippen LogP contribution in [0.3, 0.4) is 0 Å². The summed E-state index contributed by atoms with van der Waals surface area (Å²) >= 11 is 12.2. The third kappa shape index (κ3) is 4.38. The first kappa shape index (κ1) is 18.8. The van der Waals surface area contributed by atoms with Gasteiger partial charge in [-0.3, -0.25) is 4.79 Å². The highest BCUT2D eigenvalue weighted by molar-refractivity contribution is 6.37. The number of aromatic nitrogens is 1. The van der Waals surface area contributed by atoms with Gasteiger partial charge in [-0.05, 0) is 29.8 Å². The first-order valence-corrected chi connectivity index (χ1v) is 8.93. The summed E-state index contributed by atoms with van der Waals surface area (Å²) in [5.74, 6) is 0.978. The number of carbonyl (C=O) groups is 1. The Morgan fingerprint density at radius 2 is 1.96 bits per heavy atom. The van der Waals surface area contributed by atoms with E-state index in [1.165, 1.54) is 19.2 Å². The van der Waals surface area contributed by atoms with Crippen LogP contribution in [0.25, 0.3) is 0 Å². The van der Waals surface area contributed by atoms with Crippen molar-refractivity contribution in [2.75, 3.05) is 38.3 Å². The summed E-state index contributed by atoms with van der Waals surface area (Å²) in [5.41, 5.74) is 1.34. The van der Waals surface area contributed by atoms with Crippen molar-refractivity contribution in [2.24, 2.45) is 0 Å². The minimum absolute atomic E-state index is 0.263. The maximum atomic E-state index is 12.4. The quantitative estimate of drug-likeness (QED) is 0.841. The smallest absolute Gasteiger partial charge is 0.251 e. The molecule has 1 fully saturated rings. The number of ether oxygens (including phenoxy) is 2. The SMILES string of the molecule is COc1c(Cl)cc(C(=O)NCc2ccnc(N3CCOCC3)c2)cc1Cl. The van der Waals surface area contributed by atoms with Crippen molar-refractivity contribution in [3.8, 4) is 5.75 Å². The molecule has 0 atom stereocenters. The van der Waals surface area contributed by atoms with Crippen LogP contribution in [0.15, 0.2) is 30.5 Å². The van der Waals surface area contributed by atoms with E-state index in [2.05, 4.69) is 15.2 Å². The lowest BCUT2D eigenvalue weighted by atomic mass is 10.2. The Balaban J connectivity index is 1.66. The van der Waals surface area contributed by atoms with Gasteiger partial charge in [0.25, 0.3) is 5.91 Å². The Morgan fingerprint density at radius 3 is 2.62 bits per heavy atom. The number of rotatable bonds is 5. The Morgan fingerprint density at radius 1 is 1.27 bits per heavy atom. The molecule has 1 aromatic heterocycles. The van der Waals surface area contributed by atoms with Crippen molar-refractivity contribution in [1.29, 1.82) is 0 Å². The van der Waals surface area contributed by atoms with Crippen LogP contribution in [0.1, 0.15) is 15.9 Å². The molecule has 0 spiro atoms. The fourth-order valence-electron chi connectivity index (χ4n) is 2.71. The van der Waals surface area contributed by atoms with E-state index in [1.807, 2.05) is 12.1 Å². The van der Waals surface area contributed by atoms with Gasteiger partial charge < -0.3 is 19.7 Å². The number of nitrogens with zero attached hydrogens (tertiary/aromatic N) is 2. The predicted octanol–water partition coefficient (Wildman–Crippen LogP) is 3.16. The molecule has 0 unspecified atom stereocenters. The van der Waals surface area contributed by atoms with Gasteiger partial charge in [-0.15, -0.1) is 0 Å². The number of benzene rings is 1. The molecule has 1 aliphatic heterocycles. The largest absolute Gasteiger partial charge is 0.494 e. The third-order valence-electron chi connectivity index (χ3n) is 4.06. The molecule has 26 heavy (non-hydrogen) atoms. The molecule has 1 amide bonds. The molecule has 8 heteroatoms. The Bertz CT molecular complexity index is 772. The molecule has 0 saturated carbocycles. The molecule has 3 rings (SSSR count). The van der Waals surface area contributed by atoms with E-state index < -0.39 is 0 Å². The lowest BCUT2D eigenvalue weighted by Gasteiger charge is -2.28. The van der Waals surface area contributed by atoms with Crippen LogP contribution in [-0.2, 0) is 11.3 Å². The summed E-state index contributed by atoms with van der Waals surface area (Å²) in [6.45, 7) is 3.39. The fourth-order valence-corrected chi connectivity index (χ4v) is 3.35. The molecule has 2 aromatic rings. The number of carbonyl (C=O) groups excluding carboxylic acids is 1. The number of amides is 1. The van der Waals surface area contributed by atoms with Crippen molar-refractivity contribution in [3.63, 3.8) is 0 Å². The molecule has 1 N–H and O–H groups in total. The third-order valence-corrected chi connectivity index (χ3v) is 4.62. The Labute approximate surface area is 162 Å². The second-order valence-electron chi connectivity index (χ2n) is 5.78. The lowest BCUT2D eigenvalue weighted by Crippen LogP contribution is -2.36. The van der Waals surface area contributed by atoms with Gasteiger partial charge in [-0.25, -0.2) is 4.98 Å². The lowest BCUT2D eigenvalue weighted by molar-refractivity contribution is 0.0951. The zero-order chi connectivity index (χ0) is 18.5. The van der Waals surface area contributed by atoms with E-state index in [9.17, 15) is 4.79 Å². The minimum Gasteiger partial charge on any atom is -0.494 e. The molecule has 1 saturated heterocycles. The van der Waals surface area contributed by atoms with Gasteiger partial charge in [0.2, 0.25) is 0 Å². The van der Waals surface area contributed by atoms with Gasteiger partial charge in [0.05, 0.1) is 30.4 Å². The normalized spacial score (nSPS) is 14.2. The van der Waals surface area contributed by atoms with Crippen LogP contribution < -0.4 is 15.0 Å². The van der Waals surface area contributed by atoms with Crippen LogP contribution >= 0.6 is 23.2 Å². The molecule has 2 heterocycles. The van der Waals surface area contributed by atoms with Gasteiger partial charge in [0.1, 0.15) is 5.82 Å². The first-order valence-electron chi connectivity index (χ1n) is 8.17. The van der Waals surface area contributed by atoms with E-state index in [0.717, 1.165) is 24.5 Å². The van der Waals surface area contributed by atoms with Crippen LogP contribution in [0.5, 0.6) is 5.75 Å². The van der Waals surface area contributed by atoms with Gasteiger partial charge in [-0.2, -0.15) is 0 Å². The predicted molar refractivity (Wildman–Crippen MR) is 101 cm³/mol. The zero-order valence-corrected chi connectivity index (χ0v) is 15.8. The maximum Gasteiger partial charge on any atom is 0.251 e. The van der Waals surface area contributed by atoms with E-state index in [0.29, 0.717) is 41.1 Å². The summed E-state index contributed by atoms with van der Waals surface area (Å²) in [6.07, 6.45) is 1.74. The zero-order valence-electron chi connectivity index (χ0n) is 14.3. The second kappa shape index (κ2) is 8.58. The first-order chi connectivity index (χ1) is 12.6. The van der Waals surface area contributed by atoms with E-state index in [4.69, 9.17) is 32.7 Å². The van der Waals surface area contributed by atoms with Crippen molar-refractivity contribution in [1.82, 2.24) is 10.3 Å². The number of hydrogen-bond acceptors (Lipinski definition) is 5. The number of morpholine rings is 1. The summed E-state index contributed by atoms with van der Waals surface area (Å²) in [4.78, 5) is 19.0. The molecular weight excluding hydrogens is 377 g/mol. The number of pyridine rings is 1. The summed E-state index contributed by atoms with van der Waals surface area (Å²) < 4.78 is 10.5. The van der Waals surface area contributed by atoms with Crippen LogP contribution in [0.2, 0.25) is 10.0 Å². The Hall–Kier alpha value is -2.02. The molecule has 0 aliphatic carbocycles. The molecule has 6 nitrogen and oxygen atoms in total. The standard InChI is InChI=1S/C18H19Cl2N3O3/c1-25-17-14(19)9-13(10-15(17)20)18(24)22-11-12-2-3-21-16(8-12)23-4-6-26-7-5-23/h2-3,8-10H,4-7,11H2,1H3,(H,22,24). The van der Waals surface area contributed by atoms with Crippen LogP contribution in [-0.4, -0.2) is 44.3 Å². The molecule has 0 bridgehead atoms. The number of anilines is 1. The highest BCUT2D eigenvalue weighted by Crippen LogP contribution is 2.33. The van der Waals surface area contributed by atoms with Gasteiger partial charge in [-0.1, -0.05) is 23.2 Å². The van der Waals surface area contributed by atoms with Gasteiger partial charge in [0.15, 0.2) is 5.75 Å². The number of hydrogen-bond donors (Lipinski definition) is 1. The highest BCUT2D eigenvalue weighted by atomic mass is 35.5. The Kier molecular flexibility index (Phi) is 6.19. The molecule has 0 radical (unpaired) electrons. The maximum absolute atomic E-state index is 12.4. The molecule has 1 aliphatic rings. The van der Waals surface area contributed by atoms with Gasteiger partial charge >= 0.3 is 0 Å². The van der Waals surface area contributed by atoms with Crippen molar-refractivity contribution < 1.29 is 14.3 Å². The monoisotopic (exact) mass is 395 g/mol. The van der Waals surface area contributed by atoms with Crippen LogP contribution in [0.4, 0.5) is 5.82 Å². The molecule has 138 valence electrons. The van der Waals surface area contributed by atoms with E-state index >= 15 is 0 Å². The van der Waals surface area contributed by atoms with Crippen molar-refractivity contribution in [2.45, 2.75) is 6.54 Å². The van der Waals surface area contributed by atoms with Crippen molar-refractivity contribution in [3.05, 3.63) is 51.6 Å². The topological polar surface area (TPSA) is 63.7 Å². The highest BCUT2D eigenvalue weighted by Gasteiger charge is 2.15.